The maximum atomic E-state index is 12.8. The second-order valence-corrected chi connectivity index (χ2v) is 7.99. The molecule has 2 aromatic carbocycles. The summed E-state index contributed by atoms with van der Waals surface area (Å²) < 4.78 is 11.5. The van der Waals surface area contributed by atoms with Gasteiger partial charge in [0.2, 0.25) is 0 Å². The summed E-state index contributed by atoms with van der Waals surface area (Å²) in [6.45, 7) is 2.75. The van der Waals surface area contributed by atoms with Crippen LogP contribution in [0.4, 0.5) is 5.69 Å². The predicted molar refractivity (Wildman–Crippen MR) is 113 cm³/mol. The summed E-state index contributed by atoms with van der Waals surface area (Å²) in [6.07, 6.45) is 0. The third-order valence-corrected chi connectivity index (χ3v) is 6.00. The molecule has 0 bridgehead atoms. The SMILES string of the molecule is COc1cc2c(cc1NC(=O)[C@@H](C)[NH+](C)Cc1cccs1)oc1ccccc12. The molecule has 5 nitrogen and oxygen atoms in total. The average molecular weight is 396 g/mol. The number of quaternary nitrogens is 1. The van der Waals surface area contributed by atoms with Crippen molar-refractivity contribution in [3.63, 3.8) is 0 Å². The molecule has 2 aromatic heterocycles. The molecular formula is C22H23N2O3S+. The number of methoxy groups -OCH3 is 1. The number of furan rings is 1. The van der Waals surface area contributed by atoms with Crippen LogP contribution in [0.25, 0.3) is 21.9 Å². The van der Waals surface area contributed by atoms with E-state index in [4.69, 9.17) is 9.15 Å². The fourth-order valence-electron chi connectivity index (χ4n) is 3.32. The number of para-hydroxylation sites is 1. The first-order chi connectivity index (χ1) is 13.6. The van der Waals surface area contributed by atoms with Crippen molar-refractivity contribution in [2.24, 2.45) is 0 Å². The molecule has 144 valence electrons. The normalized spacial score (nSPS) is 13.5. The third kappa shape index (κ3) is 3.48. The highest BCUT2D eigenvalue weighted by Gasteiger charge is 2.24. The van der Waals surface area contributed by atoms with E-state index in [-0.39, 0.29) is 11.9 Å². The smallest absolute Gasteiger partial charge is 0.282 e. The maximum Gasteiger partial charge on any atom is 0.282 e. The van der Waals surface area contributed by atoms with E-state index < -0.39 is 0 Å². The molecule has 1 unspecified atom stereocenters. The number of thiophene rings is 1. The molecule has 2 heterocycles. The van der Waals surface area contributed by atoms with Gasteiger partial charge in [-0.1, -0.05) is 24.3 Å². The highest BCUT2D eigenvalue weighted by atomic mass is 32.1. The summed E-state index contributed by atoms with van der Waals surface area (Å²) >= 11 is 1.71. The van der Waals surface area contributed by atoms with Gasteiger partial charge in [0.05, 0.1) is 24.7 Å². The Morgan fingerprint density at radius 2 is 2.00 bits per heavy atom. The molecule has 0 radical (unpaired) electrons. The van der Waals surface area contributed by atoms with Crippen molar-refractivity contribution < 1.29 is 18.8 Å². The number of hydrogen-bond acceptors (Lipinski definition) is 4. The molecule has 0 saturated carbocycles. The lowest BCUT2D eigenvalue weighted by Gasteiger charge is -2.21. The highest BCUT2D eigenvalue weighted by molar-refractivity contribution is 7.09. The molecule has 28 heavy (non-hydrogen) atoms. The molecule has 1 amide bonds. The Labute approximate surface area is 167 Å². The molecule has 2 atom stereocenters. The summed E-state index contributed by atoms with van der Waals surface area (Å²) in [6, 6.07) is 15.6. The van der Waals surface area contributed by atoms with E-state index >= 15 is 0 Å². The lowest BCUT2D eigenvalue weighted by atomic mass is 10.1. The van der Waals surface area contributed by atoms with Crippen LogP contribution in [-0.4, -0.2) is 26.1 Å². The number of carbonyl (C=O) groups is 1. The molecular weight excluding hydrogens is 372 g/mol. The molecule has 0 spiro atoms. The van der Waals surface area contributed by atoms with Gasteiger partial charge in [0, 0.05) is 16.8 Å². The zero-order valence-electron chi connectivity index (χ0n) is 16.1. The Balaban J connectivity index is 1.59. The van der Waals surface area contributed by atoms with E-state index in [2.05, 4.69) is 16.8 Å². The van der Waals surface area contributed by atoms with Crippen LogP contribution in [0.15, 0.2) is 58.3 Å². The minimum Gasteiger partial charge on any atom is -0.495 e. The number of benzene rings is 2. The van der Waals surface area contributed by atoms with Gasteiger partial charge in [0.15, 0.2) is 6.04 Å². The Hall–Kier alpha value is -2.83. The number of nitrogens with one attached hydrogen (secondary N) is 2. The van der Waals surface area contributed by atoms with Crippen LogP contribution in [0.3, 0.4) is 0 Å². The van der Waals surface area contributed by atoms with Crippen molar-refractivity contribution in [3.8, 4) is 5.75 Å². The van der Waals surface area contributed by atoms with Crippen molar-refractivity contribution in [1.82, 2.24) is 0 Å². The first-order valence-corrected chi connectivity index (χ1v) is 10.1. The summed E-state index contributed by atoms with van der Waals surface area (Å²) in [4.78, 5) is 15.2. The number of ether oxygens (including phenoxy) is 1. The van der Waals surface area contributed by atoms with Gasteiger partial charge in [0.1, 0.15) is 23.5 Å². The Morgan fingerprint density at radius 1 is 1.18 bits per heavy atom. The van der Waals surface area contributed by atoms with E-state index in [0.29, 0.717) is 11.4 Å². The summed E-state index contributed by atoms with van der Waals surface area (Å²) in [5.74, 6) is 0.568. The Kier molecular flexibility index (Phi) is 5.07. The van der Waals surface area contributed by atoms with Crippen LogP contribution in [0.1, 0.15) is 11.8 Å². The quantitative estimate of drug-likeness (QED) is 0.523. The molecule has 0 saturated heterocycles. The van der Waals surface area contributed by atoms with E-state index in [1.165, 1.54) is 4.88 Å². The second kappa shape index (κ2) is 7.66. The average Bonchev–Trinajstić information content (AvgIpc) is 3.33. The number of carbonyl (C=O) groups excluding carboxylic acids is 1. The minimum atomic E-state index is -0.210. The molecule has 0 aliphatic rings. The van der Waals surface area contributed by atoms with Crippen LogP contribution in [0.5, 0.6) is 5.75 Å². The highest BCUT2D eigenvalue weighted by Crippen LogP contribution is 2.36. The van der Waals surface area contributed by atoms with Gasteiger partial charge < -0.3 is 19.4 Å². The van der Waals surface area contributed by atoms with Crippen molar-refractivity contribution in [2.45, 2.75) is 19.5 Å². The molecule has 2 N–H and O–H groups in total. The van der Waals surface area contributed by atoms with E-state index in [1.807, 2.05) is 56.4 Å². The molecule has 0 aliphatic heterocycles. The molecule has 6 heteroatoms. The summed E-state index contributed by atoms with van der Waals surface area (Å²) in [7, 11) is 3.64. The van der Waals surface area contributed by atoms with E-state index in [1.54, 1.807) is 18.4 Å². The molecule has 0 aliphatic carbocycles. The van der Waals surface area contributed by atoms with Gasteiger partial charge in [-0.3, -0.25) is 4.79 Å². The molecule has 4 rings (SSSR count). The largest absolute Gasteiger partial charge is 0.495 e. The predicted octanol–water partition coefficient (Wildman–Crippen LogP) is 3.70. The van der Waals surface area contributed by atoms with Crippen LogP contribution >= 0.6 is 11.3 Å². The standard InChI is InChI=1S/C22H22N2O3S/c1-14(24(2)13-15-7-6-10-28-15)22(25)23-18-12-20-17(11-21(18)26-3)16-8-4-5-9-19(16)27-20/h4-12,14H,13H2,1-3H3,(H,23,25)/p+1/t14-/m1/s1. The van der Waals surface area contributed by atoms with Crippen LogP contribution in [0, 0.1) is 0 Å². The topological polar surface area (TPSA) is 55.9 Å². The second-order valence-electron chi connectivity index (χ2n) is 6.96. The number of hydrogen-bond donors (Lipinski definition) is 2. The van der Waals surface area contributed by atoms with Crippen molar-refractivity contribution >= 4 is 44.9 Å². The molecule has 0 fully saturated rings. The van der Waals surface area contributed by atoms with Gasteiger partial charge in [-0.25, -0.2) is 0 Å². The fraction of sp³-hybridized carbons (Fsp3) is 0.227. The van der Waals surface area contributed by atoms with Crippen LogP contribution in [-0.2, 0) is 11.3 Å². The third-order valence-electron chi connectivity index (χ3n) is 5.12. The van der Waals surface area contributed by atoms with Crippen LogP contribution < -0.4 is 15.0 Å². The lowest BCUT2D eigenvalue weighted by molar-refractivity contribution is -0.907. The van der Waals surface area contributed by atoms with E-state index in [0.717, 1.165) is 33.4 Å². The number of anilines is 1. The monoisotopic (exact) mass is 395 g/mol. The van der Waals surface area contributed by atoms with Gasteiger partial charge in [0.25, 0.3) is 5.91 Å². The zero-order valence-corrected chi connectivity index (χ0v) is 16.9. The summed E-state index contributed by atoms with van der Waals surface area (Å²) in [5, 5.41) is 7.07. The lowest BCUT2D eigenvalue weighted by Crippen LogP contribution is -3.12. The number of amides is 1. The van der Waals surface area contributed by atoms with Crippen molar-refractivity contribution in [2.75, 3.05) is 19.5 Å². The minimum absolute atomic E-state index is 0.0529. The van der Waals surface area contributed by atoms with Gasteiger partial charge in [-0.2, -0.15) is 0 Å². The van der Waals surface area contributed by atoms with Gasteiger partial charge >= 0.3 is 0 Å². The summed E-state index contributed by atoms with van der Waals surface area (Å²) in [5.41, 5.74) is 2.16. The van der Waals surface area contributed by atoms with Crippen molar-refractivity contribution in [1.29, 1.82) is 0 Å². The number of rotatable bonds is 6. The fourth-order valence-corrected chi connectivity index (χ4v) is 4.12. The number of fused-ring (bicyclic) bond motifs is 3. The zero-order chi connectivity index (χ0) is 19.7. The van der Waals surface area contributed by atoms with Gasteiger partial charge in [-0.15, -0.1) is 11.3 Å². The maximum absolute atomic E-state index is 12.8. The Morgan fingerprint density at radius 3 is 2.75 bits per heavy atom. The van der Waals surface area contributed by atoms with Crippen molar-refractivity contribution in [3.05, 3.63) is 58.8 Å². The first-order valence-electron chi connectivity index (χ1n) is 9.21. The Bertz CT molecular complexity index is 1120. The number of likely N-dealkylation sites (N-methyl/N-ethyl adjacent to an activating group) is 1. The van der Waals surface area contributed by atoms with Crippen LogP contribution in [0.2, 0.25) is 0 Å². The van der Waals surface area contributed by atoms with E-state index in [9.17, 15) is 4.79 Å². The first kappa shape index (κ1) is 18.5. The molecule has 4 aromatic rings. The van der Waals surface area contributed by atoms with Gasteiger partial charge in [-0.05, 0) is 30.5 Å².